The van der Waals surface area contributed by atoms with E-state index in [0.29, 0.717) is 12.5 Å². The number of nitrogens with zero attached hydrogens (tertiary/aromatic N) is 1. The van der Waals surface area contributed by atoms with Crippen molar-refractivity contribution in [2.45, 2.75) is 25.3 Å². The number of carbonyl (C=O) groups excluding carboxylic acids is 1. The van der Waals surface area contributed by atoms with Crippen LogP contribution >= 0.6 is 0 Å². The summed E-state index contributed by atoms with van der Waals surface area (Å²) in [6, 6.07) is 6.21. The van der Waals surface area contributed by atoms with E-state index in [1.165, 1.54) is 0 Å². The summed E-state index contributed by atoms with van der Waals surface area (Å²) in [5.41, 5.74) is 8.59. The fourth-order valence-electron chi connectivity index (χ4n) is 2.10. The van der Waals surface area contributed by atoms with Crippen LogP contribution in [0.4, 0.5) is 11.4 Å². The lowest BCUT2D eigenvalue weighted by atomic mass is 10.1. The van der Waals surface area contributed by atoms with Gasteiger partial charge in [0.1, 0.15) is 0 Å². The van der Waals surface area contributed by atoms with Crippen LogP contribution in [0.2, 0.25) is 0 Å². The molecule has 1 aliphatic heterocycles. The Labute approximate surface area is 82.5 Å². The molecule has 1 fully saturated rings. The fourth-order valence-corrected chi connectivity index (χ4v) is 2.10. The number of hydrogen-bond donors (Lipinski definition) is 1. The molecule has 1 aromatic rings. The van der Waals surface area contributed by atoms with E-state index in [1.807, 2.05) is 23.1 Å². The number of nitrogen functional groups attached to an aromatic ring is 1. The third-order valence-electron chi connectivity index (χ3n) is 2.89. The van der Waals surface area contributed by atoms with Crippen LogP contribution in [-0.2, 0) is 11.2 Å². The van der Waals surface area contributed by atoms with Crippen molar-refractivity contribution in [3.8, 4) is 0 Å². The molecule has 1 amide bonds. The fraction of sp³-hybridized carbons (Fsp3) is 0.364. The SMILES string of the molecule is Nc1ccc2c(c1)CC(=O)N2C1CC1. The lowest BCUT2D eigenvalue weighted by Crippen LogP contribution is -2.28. The number of rotatable bonds is 1. The van der Waals surface area contributed by atoms with Crippen LogP contribution in [-0.4, -0.2) is 11.9 Å². The summed E-state index contributed by atoms with van der Waals surface area (Å²) >= 11 is 0. The Kier molecular flexibility index (Phi) is 1.40. The Balaban J connectivity index is 2.07. The third-order valence-corrected chi connectivity index (χ3v) is 2.89. The lowest BCUT2D eigenvalue weighted by Gasteiger charge is -2.16. The molecule has 1 aromatic carbocycles. The molecule has 0 atom stereocenters. The minimum Gasteiger partial charge on any atom is -0.399 e. The van der Waals surface area contributed by atoms with E-state index in [1.54, 1.807) is 0 Å². The van der Waals surface area contributed by atoms with Crippen LogP contribution in [0.25, 0.3) is 0 Å². The highest BCUT2D eigenvalue weighted by Crippen LogP contribution is 2.38. The number of benzene rings is 1. The summed E-state index contributed by atoms with van der Waals surface area (Å²) in [6.07, 6.45) is 2.82. The van der Waals surface area contributed by atoms with Crippen molar-refractivity contribution in [3.05, 3.63) is 23.8 Å². The Morgan fingerprint density at radius 1 is 1.36 bits per heavy atom. The molecule has 0 bridgehead atoms. The van der Waals surface area contributed by atoms with Crippen molar-refractivity contribution in [2.24, 2.45) is 0 Å². The molecule has 0 saturated heterocycles. The molecular weight excluding hydrogens is 176 g/mol. The second kappa shape index (κ2) is 2.50. The smallest absolute Gasteiger partial charge is 0.231 e. The van der Waals surface area contributed by atoms with Crippen LogP contribution < -0.4 is 10.6 Å². The number of anilines is 2. The summed E-state index contributed by atoms with van der Waals surface area (Å²) in [4.78, 5) is 13.6. The molecule has 1 heterocycles. The van der Waals surface area contributed by atoms with Gasteiger partial charge in [0.25, 0.3) is 0 Å². The van der Waals surface area contributed by atoms with Gasteiger partial charge in [0.2, 0.25) is 5.91 Å². The predicted molar refractivity (Wildman–Crippen MR) is 55.1 cm³/mol. The maximum Gasteiger partial charge on any atom is 0.231 e. The van der Waals surface area contributed by atoms with Crippen LogP contribution in [0.1, 0.15) is 18.4 Å². The van der Waals surface area contributed by atoms with Crippen LogP contribution in [0.3, 0.4) is 0 Å². The van der Waals surface area contributed by atoms with Gasteiger partial charge < -0.3 is 10.6 Å². The molecule has 72 valence electrons. The van der Waals surface area contributed by atoms with E-state index in [-0.39, 0.29) is 5.91 Å². The van der Waals surface area contributed by atoms with Gasteiger partial charge in [0.05, 0.1) is 6.42 Å². The van der Waals surface area contributed by atoms with Gasteiger partial charge in [-0.15, -0.1) is 0 Å². The van der Waals surface area contributed by atoms with Crippen LogP contribution in [0.15, 0.2) is 18.2 Å². The Morgan fingerprint density at radius 2 is 2.14 bits per heavy atom. The zero-order valence-corrected chi connectivity index (χ0v) is 7.86. The number of carbonyl (C=O) groups is 1. The first-order chi connectivity index (χ1) is 6.75. The quantitative estimate of drug-likeness (QED) is 0.675. The van der Waals surface area contributed by atoms with Crippen molar-refractivity contribution < 1.29 is 4.79 Å². The second-order valence-electron chi connectivity index (χ2n) is 4.06. The molecule has 3 nitrogen and oxygen atoms in total. The maximum atomic E-state index is 11.7. The number of fused-ring (bicyclic) bond motifs is 1. The number of hydrogen-bond acceptors (Lipinski definition) is 2. The molecule has 0 aromatic heterocycles. The summed E-state index contributed by atoms with van der Waals surface area (Å²) in [5, 5.41) is 0. The standard InChI is InChI=1S/C11H12N2O/c12-8-1-4-10-7(5-8)6-11(14)13(10)9-2-3-9/h1,4-5,9H,2-3,6,12H2. The minimum absolute atomic E-state index is 0.230. The average Bonchev–Trinajstić information content (AvgIpc) is 2.89. The van der Waals surface area contributed by atoms with E-state index >= 15 is 0 Å². The van der Waals surface area contributed by atoms with E-state index in [4.69, 9.17) is 5.73 Å². The molecule has 0 spiro atoms. The molecule has 1 saturated carbocycles. The van der Waals surface area contributed by atoms with Gasteiger partial charge in [-0.1, -0.05) is 0 Å². The second-order valence-corrected chi connectivity index (χ2v) is 4.06. The van der Waals surface area contributed by atoms with Crippen molar-refractivity contribution in [3.63, 3.8) is 0 Å². The Bertz CT molecular complexity index is 410. The van der Waals surface area contributed by atoms with Gasteiger partial charge in [0.15, 0.2) is 0 Å². The third kappa shape index (κ3) is 1.02. The van der Waals surface area contributed by atoms with E-state index in [9.17, 15) is 4.79 Å². The number of amides is 1. The van der Waals surface area contributed by atoms with E-state index < -0.39 is 0 Å². The molecule has 0 unspecified atom stereocenters. The molecule has 1 aliphatic carbocycles. The van der Waals surface area contributed by atoms with Gasteiger partial charge in [-0.3, -0.25) is 4.79 Å². The van der Waals surface area contributed by atoms with Crippen LogP contribution in [0, 0.1) is 0 Å². The summed E-state index contributed by atoms with van der Waals surface area (Å²) in [7, 11) is 0. The van der Waals surface area contributed by atoms with Crippen molar-refractivity contribution in [1.29, 1.82) is 0 Å². The first-order valence-corrected chi connectivity index (χ1v) is 4.96. The summed E-state index contributed by atoms with van der Waals surface area (Å²) in [6.45, 7) is 0. The topological polar surface area (TPSA) is 46.3 Å². The van der Waals surface area contributed by atoms with Gasteiger partial charge in [-0.2, -0.15) is 0 Å². The predicted octanol–water partition coefficient (Wildman–Crippen LogP) is 1.32. The highest BCUT2D eigenvalue weighted by Gasteiger charge is 2.38. The highest BCUT2D eigenvalue weighted by molar-refractivity contribution is 6.02. The summed E-state index contributed by atoms with van der Waals surface area (Å²) < 4.78 is 0. The van der Waals surface area contributed by atoms with Crippen molar-refractivity contribution in [1.82, 2.24) is 0 Å². The average molecular weight is 188 g/mol. The largest absolute Gasteiger partial charge is 0.399 e. The van der Waals surface area contributed by atoms with Crippen molar-refractivity contribution in [2.75, 3.05) is 10.6 Å². The van der Waals surface area contributed by atoms with Gasteiger partial charge >= 0.3 is 0 Å². The monoisotopic (exact) mass is 188 g/mol. The molecule has 2 N–H and O–H groups in total. The Morgan fingerprint density at radius 3 is 2.86 bits per heavy atom. The van der Waals surface area contributed by atoms with Crippen LogP contribution in [0.5, 0.6) is 0 Å². The summed E-state index contributed by atoms with van der Waals surface area (Å²) in [5.74, 6) is 0.230. The van der Waals surface area contributed by atoms with Gasteiger partial charge in [-0.05, 0) is 36.6 Å². The molecule has 3 rings (SSSR count). The Hall–Kier alpha value is -1.51. The molecule has 0 radical (unpaired) electrons. The zero-order chi connectivity index (χ0) is 9.71. The van der Waals surface area contributed by atoms with E-state index in [0.717, 1.165) is 29.8 Å². The van der Waals surface area contributed by atoms with Gasteiger partial charge in [0, 0.05) is 17.4 Å². The minimum atomic E-state index is 0.230. The lowest BCUT2D eigenvalue weighted by molar-refractivity contribution is -0.117. The van der Waals surface area contributed by atoms with Crippen molar-refractivity contribution >= 4 is 17.3 Å². The molecule has 2 aliphatic rings. The maximum absolute atomic E-state index is 11.7. The molecule has 14 heavy (non-hydrogen) atoms. The van der Waals surface area contributed by atoms with E-state index in [2.05, 4.69) is 0 Å². The number of nitrogens with two attached hydrogens (primary N) is 1. The highest BCUT2D eigenvalue weighted by atomic mass is 16.2. The van der Waals surface area contributed by atoms with Gasteiger partial charge in [-0.25, -0.2) is 0 Å². The first kappa shape index (κ1) is 7.85. The molecular formula is C11H12N2O. The first-order valence-electron chi connectivity index (χ1n) is 4.96. The molecule has 3 heteroatoms. The zero-order valence-electron chi connectivity index (χ0n) is 7.86. The normalized spacial score (nSPS) is 20.0.